The van der Waals surface area contributed by atoms with Gasteiger partial charge in [0.15, 0.2) is 0 Å². The highest BCUT2D eigenvalue weighted by Crippen LogP contribution is 1.96. The first kappa shape index (κ1) is 10.1. The van der Waals surface area contributed by atoms with Crippen LogP contribution in [0.1, 0.15) is 18.5 Å². The lowest BCUT2D eigenvalue weighted by Crippen LogP contribution is -2.00. The molecular formula is C8H16N4O. The van der Waals surface area contributed by atoms with E-state index >= 15 is 0 Å². The lowest BCUT2D eigenvalue weighted by molar-refractivity contribution is 0.191. The monoisotopic (exact) mass is 184 g/mol. The molecule has 5 heteroatoms. The van der Waals surface area contributed by atoms with Crippen LogP contribution in [0, 0.1) is 0 Å². The molecule has 0 aliphatic carbocycles. The zero-order chi connectivity index (χ0) is 9.52. The zero-order valence-corrected chi connectivity index (χ0v) is 7.94. The molecule has 0 aliphatic heterocycles. The van der Waals surface area contributed by atoms with E-state index in [0.29, 0.717) is 6.54 Å². The lowest BCUT2D eigenvalue weighted by Gasteiger charge is -1.99. The number of unbranched alkanes of at least 4 members (excludes halogenated alkanes) is 1. The van der Waals surface area contributed by atoms with Gasteiger partial charge in [-0.25, -0.2) is 0 Å². The number of nitrogens with two attached hydrogens (primary N) is 1. The number of ether oxygens (including phenoxy) is 1. The van der Waals surface area contributed by atoms with E-state index in [2.05, 4.69) is 10.3 Å². The maximum Gasteiger partial charge on any atom is 0.0962 e. The molecule has 1 aromatic rings. The highest BCUT2D eigenvalue weighted by Gasteiger charge is 1.97. The SMILES string of the molecule is COCCCCn1cc(CN)nn1. The van der Waals surface area contributed by atoms with Crippen molar-refractivity contribution in [2.24, 2.45) is 5.73 Å². The first-order chi connectivity index (χ1) is 6.36. The molecular weight excluding hydrogens is 168 g/mol. The molecule has 0 unspecified atom stereocenters. The van der Waals surface area contributed by atoms with Crippen molar-refractivity contribution in [3.05, 3.63) is 11.9 Å². The summed E-state index contributed by atoms with van der Waals surface area (Å²) >= 11 is 0. The molecule has 13 heavy (non-hydrogen) atoms. The minimum atomic E-state index is 0.456. The standard InChI is InChI=1S/C8H16N4O/c1-13-5-3-2-4-12-7-8(6-9)10-11-12/h7H,2-6,9H2,1H3. The predicted molar refractivity (Wildman–Crippen MR) is 49.0 cm³/mol. The van der Waals surface area contributed by atoms with Crippen LogP contribution in [0.15, 0.2) is 6.20 Å². The van der Waals surface area contributed by atoms with Crippen molar-refractivity contribution in [2.75, 3.05) is 13.7 Å². The fourth-order valence-corrected chi connectivity index (χ4v) is 1.06. The van der Waals surface area contributed by atoms with E-state index in [1.165, 1.54) is 0 Å². The second-order valence-electron chi connectivity index (χ2n) is 2.88. The summed E-state index contributed by atoms with van der Waals surface area (Å²) in [6.07, 6.45) is 3.99. The van der Waals surface area contributed by atoms with Crippen molar-refractivity contribution in [1.29, 1.82) is 0 Å². The van der Waals surface area contributed by atoms with Gasteiger partial charge in [0.1, 0.15) is 0 Å². The Labute approximate surface area is 77.9 Å². The number of aryl methyl sites for hydroxylation is 1. The quantitative estimate of drug-likeness (QED) is 0.640. The molecule has 0 bridgehead atoms. The maximum atomic E-state index is 5.40. The van der Waals surface area contributed by atoms with Gasteiger partial charge in [-0.3, -0.25) is 4.68 Å². The van der Waals surface area contributed by atoms with Crippen LogP contribution in [-0.4, -0.2) is 28.7 Å². The van der Waals surface area contributed by atoms with Crippen LogP contribution >= 0.6 is 0 Å². The Morgan fingerprint density at radius 3 is 3.00 bits per heavy atom. The molecule has 0 fully saturated rings. The number of hydrogen-bond acceptors (Lipinski definition) is 4. The first-order valence-electron chi connectivity index (χ1n) is 4.45. The molecule has 74 valence electrons. The van der Waals surface area contributed by atoms with E-state index in [-0.39, 0.29) is 0 Å². The summed E-state index contributed by atoms with van der Waals surface area (Å²) < 4.78 is 6.76. The molecule has 0 radical (unpaired) electrons. The van der Waals surface area contributed by atoms with Gasteiger partial charge >= 0.3 is 0 Å². The summed E-state index contributed by atoms with van der Waals surface area (Å²) in [6.45, 7) is 2.15. The van der Waals surface area contributed by atoms with Gasteiger partial charge in [0, 0.05) is 33.0 Å². The second kappa shape index (κ2) is 5.66. The van der Waals surface area contributed by atoms with Crippen LogP contribution in [0.2, 0.25) is 0 Å². The molecule has 2 N–H and O–H groups in total. The topological polar surface area (TPSA) is 66.0 Å². The van der Waals surface area contributed by atoms with E-state index < -0.39 is 0 Å². The predicted octanol–water partition coefficient (Wildman–Crippen LogP) is 0.163. The molecule has 0 atom stereocenters. The Hall–Kier alpha value is -0.940. The Kier molecular flexibility index (Phi) is 4.42. The van der Waals surface area contributed by atoms with E-state index in [4.69, 9.17) is 10.5 Å². The van der Waals surface area contributed by atoms with Gasteiger partial charge in [-0.1, -0.05) is 5.21 Å². The molecule has 1 aromatic heterocycles. The van der Waals surface area contributed by atoms with Crippen LogP contribution in [0.5, 0.6) is 0 Å². The molecule has 0 saturated carbocycles. The van der Waals surface area contributed by atoms with Crippen LogP contribution in [0.25, 0.3) is 0 Å². The van der Waals surface area contributed by atoms with Gasteiger partial charge in [0.05, 0.1) is 5.69 Å². The number of aromatic nitrogens is 3. The Balaban J connectivity index is 2.20. The Bertz CT molecular complexity index is 236. The third-order valence-corrected chi connectivity index (χ3v) is 1.78. The summed E-state index contributed by atoms with van der Waals surface area (Å²) in [7, 11) is 1.71. The van der Waals surface area contributed by atoms with Gasteiger partial charge in [-0.15, -0.1) is 5.10 Å². The summed E-state index contributed by atoms with van der Waals surface area (Å²) in [4.78, 5) is 0. The van der Waals surface area contributed by atoms with Crippen molar-refractivity contribution in [1.82, 2.24) is 15.0 Å². The van der Waals surface area contributed by atoms with Gasteiger partial charge in [0.2, 0.25) is 0 Å². The summed E-state index contributed by atoms with van der Waals surface area (Å²) in [5, 5.41) is 7.82. The van der Waals surface area contributed by atoms with Crippen molar-refractivity contribution in [2.45, 2.75) is 25.9 Å². The van der Waals surface area contributed by atoms with Crippen molar-refractivity contribution < 1.29 is 4.74 Å². The first-order valence-corrected chi connectivity index (χ1v) is 4.45. The fourth-order valence-electron chi connectivity index (χ4n) is 1.06. The summed E-state index contributed by atoms with van der Waals surface area (Å²) in [5.41, 5.74) is 6.24. The largest absolute Gasteiger partial charge is 0.385 e. The van der Waals surface area contributed by atoms with E-state index in [0.717, 1.165) is 31.7 Å². The third-order valence-electron chi connectivity index (χ3n) is 1.78. The summed E-state index contributed by atoms with van der Waals surface area (Å²) in [6, 6.07) is 0. The van der Waals surface area contributed by atoms with Gasteiger partial charge in [0.25, 0.3) is 0 Å². The number of rotatable bonds is 6. The number of methoxy groups -OCH3 is 1. The van der Waals surface area contributed by atoms with Crippen LogP contribution < -0.4 is 5.73 Å². The Morgan fingerprint density at radius 1 is 1.54 bits per heavy atom. The van der Waals surface area contributed by atoms with Crippen LogP contribution in [0.3, 0.4) is 0 Å². The number of hydrogen-bond donors (Lipinski definition) is 1. The van der Waals surface area contributed by atoms with E-state index in [1.807, 2.05) is 10.9 Å². The average molecular weight is 184 g/mol. The minimum absolute atomic E-state index is 0.456. The normalized spacial score (nSPS) is 10.6. The molecule has 0 saturated heterocycles. The summed E-state index contributed by atoms with van der Waals surface area (Å²) in [5.74, 6) is 0. The minimum Gasteiger partial charge on any atom is -0.385 e. The van der Waals surface area contributed by atoms with Gasteiger partial charge in [-0.05, 0) is 12.8 Å². The number of nitrogens with zero attached hydrogens (tertiary/aromatic N) is 3. The Morgan fingerprint density at radius 2 is 2.38 bits per heavy atom. The van der Waals surface area contributed by atoms with Crippen LogP contribution in [-0.2, 0) is 17.8 Å². The second-order valence-corrected chi connectivity index (χ2v) is 2.88. The molecule has 1 rings (SSSR count). The van der Waals surface area contributed by atoms with Crippen molar-refractivity contribution in [3.8, 4) is 0 Å². The van der Waals surface area contributed by atoms with Gasteiger partial charge in [-0.2, -0.15) is 0 Å². The maximum absolute atomic E-state index is 5.40. The zero-order valence-electron chi connectivity index (χ0n) is 7.94. The average Bonchev–Trinajstić information content (AvgIpc) is 2.60. The van der Waals surface area contributed by atoms with Crippen LogP contribution in [0.4, 0.5) is 0 Å². The molecule has 0 amide bonds. The van der Waals surface area contributed by atoms with Crippen molar-refractivity contribution in [3.63, 3.8) is 0 Å². The van der Waals surface area contributed by atoms with Gasteiger partial charge < -0.3 is 10.5 Å². The molecule has 5 nitrogen and oxygen atoms in total. The molecule has 0 aliphatic rings. The fraction of sp³-hybridized carbons (Fsp3) is 0.750. The molecule has 1 heterocycles. The molecule has 0 spiro atoms. The highest BCUT2D eigenvalue weighted by atomic mass is 16.5. The smallest absolute Gasteiger partial charge is 0.0962 e. The molecule has 0 aromatic carbocycles. The van der Waals surface area contributed by atoms with Crippen molar-refractivity contribution >= 4 is 0 Å². The van der Waals surface area contributed by atoms with E-state index in [9.17, 15) is 0 Å². The van der Waals surface area contributed by atoms with E-state index in [1.54, 1.807) is 7.11 Å². The lowest BCUT2D eigenvalue weighted by atomic mass is 10.3. The highest BCUT2D eigenvalue weighted by molar-refractivity contribution is 4.90. The third kappa shape index (κ3) is 3.52.